The zero-order valence-corrected chi connectivity index (χ0v) is 9.27. The summed E-state index contributed by atoms with van der Waals surface area (Å²) < 4.78 is 0. The molecule has 1 unspecified atom stereocenters. The Labute approximate surface area is 87.1 Å². The first-order chi connectivity index (χ1) is 6.50. The Kier molecular flexibility index (Phi) is 3.41. The van der Waals surface area contributed by atoms with Crippen molar-refractivity contribution >= 4 is 23.0 Å². The second kappa shape index (κ2) is 4.37. The number of amides is 1. The topological polar surface area (TPSA) is 46.2 Å². The lowest BCUT2D eigenvalue weighted by molar-refractivity contribution is -0.118. The van der Waals surface area contributed by atoms with E-state index in [4.69, 9.17) is 0 Å². The van der Waals surface area contributed by atoms with Crippen LogP contribution in [0.15, 0.2) is 12.1 Å². The zero-order valence-electron chi connectivity index (χ0n) is 8.46. The molecule has 0 aromatic carbocycles. The van der Waals surface area contributed by atoms with Gasteiger partial charge in [0.2, 0.25) is 0 Å². The summed E-state index contributed by atoms with van der Waals surface area (Å²) >= 11 is 1.43. The summed E-state index contributed by atoms with van der Waals surface area (Å²) in [4.78, 5) is 24.2. The fourth-order valence-electron chi connectivity index (χ4n) is 0.926. The molecule has 1 N–H and O–H groups in total. The summed E-state index contributed by atoms with van der Waals surface area (Å²) in [5, 5.41) is 2.63. The van der Waals surface area contributed by atoms with Crippen LogP contribution in [-0.4, -0.2) is 17.7 Å². The van der Waals surface area contributed by atoms with Crippen LogP contribution in [0, 0.1) is 6.92 Å². The summed E-state index contributed by atoms with van der Waals surface area (Å²) in [5.41, 5.74) is 0. The van der Waals surface area contributed by atoms with Crippen LogP contribution >= 0.6 is 11.3 Å². The number of Topliss-reactive ketones (excluding diaryl/α,β-unsaturated/α-hetero) is 1. The van der Waals surface area contributed by atoms with E-state index in [1.807, 2.05) is 13.0 Å². The third-order valence-corrected chi connectivity index (χ3v) is 2.92. The van der Waals surface area contributed by atoms with Gasteiger partial charge in [-0.1, -0.05) is 0 Å². The van der Waals surface area contributed by atoms with E-state index in [0.29, 0.717) is 4.88 Å². The molecule has 3 nitrogen and oxygen atoms in total. The van der Waals surface area contributed by atoms with Gasteiger partial charge in [0.05, 0.1) is 10.9 Å². The number of hydrogen-bond acceptors (Lipinski definition) is 3. The van der Waals surface area contributed by atoms with Crippen molar-refractivity contribution in [2.75, 3.05) is 0 Å². The lowest BCUT2D eigenvalue weighted by Crippen LogP contribution is -2.36. The maximum Gasteiger partial charge on any atom is 0.261 e. The summed E-state index contributed by atoms with van der Waals surface area (Å²) in [5.74, 6) is -0.211. The van der Waals surface area contributed by atoms with E-state index in [1.165, 1.54) is 18.3 Å². The van der Waals surface area contributed by atoms with Crippen molar-refractivity contribution in [2.45, 2.75) is 26.8 Å². The van der Waals surface area contributed by atoms with Gasteiger partial charge in [0.15, 0.2) is 5.78 Å². The fourth-order valence-corrected chi connectivity index (χ4v) is 1.70. The molecule has 14 heavy (non-hydrogen) atoms. The predicted octanol–water partition coefficient (Wildman–Crippen LogP) is 1.76. The molecule has 1 heterocycles. The van der Waals surface area contributed by atoms with Crippen molar-refractivity contribution < 1.29 is 9.59 Å². The van der Waals surface area contributed by atoms with Gasteiger partial charge in [0.25, 0.3) is 5.91 Å². The quantitative estimate of drug-likeness (QED) is 0.828. The van der Waals surface area contributed by atoms with Crippen LogP contribution in [0.1, 0.15) is 28.4 Å². The van der Waals surface area contributed by atoms with Gasteiger partial charge in [0.1, 0.15) is 0 Å². The molecule has 0 spiro atoms. The number of ketones is 1. The number of nitrogens with one attached hydrogen (secondary N) is 1. The van der Waals surface area contributed by atoms with E-state index in [2.05, 4.69) is 5.32 Å². The second-order valence-corrected chi connectivity index (χ2v) is 4.50. The van der Waals surface area contributed by atoms with E-state index in [-0.39, 0.29) is 11.7 Å². The van der Waals surface area contributed by atoms with Gasteiger partial charge >= 0.3 is 0 Å². The van der Waals surface area contributed by atoms with Gasteiger partial charge in [-0.15, -0.1) is 11.3 Å². The largest absolute Gasteiger partial charge is 0.342 e. The molecule has 0 saturated carbocycles. The van der Waals surface area contributed by atoms with E-state index in [9.17, 15) is 9.59 Å². The Morgan fingerprint density at radius 3 is 2.50 bits per heavy atom. The van der Waals surface area contributed by atoms with Crippen LogP contribution in [0.3, 0.4) is 0 Å². The third kappa shape index (κ3) is 2.67. The molecular formula is C10H13NO2S. The van der Waals surface area contributed by atoms with Gasteiger partial charge in [-0.05, 0) is 32.9 Å². The molecule has 1 aromatic heterocycles. The average molecular weight is 211 g/mol. The normalized spacial score (nSPS) is 12.2. The van der Waals surface area contributed by atoms with Gasteiger partial charge in [-0.2, -0.15) is 0 Å². The first-order valence-corrected chi connectivity index (χ1v) is 5.20. The molecule has 0 aliphatic rings. The van der Waals surface area contributed by atoms with E-state index >= 15 is 0 Å². The van der Waals surface area contributed by atoms with E-state index in [0.717, 1.165) is 4.88 Å². The first-order valence-electron chi connectivity index (χ1n) is 4.38. The molecule has 0 fully saturated rings. The van der Waals surface area contributed by atoms with Gasteiger partial charge in [-0.3, -0.25) is 9.59 Å². The highest BCUT2D eigenvalue weighted by atomic mass is 32.1. The molecule has 0 bridgehead atoms. The zero-order chi connectivity index (χ0) is 10.7. The Morgan fingerprint density at radius 1 is 1.43 bits per heavy atom. The van der Waals surface area contributed by atoms with Crippen LogP contribution in [0.4, 0.5) is 0 Å². The third-order valence-electron chi connectivity index (χ3n) is 1.92. The summed E-state index contributed by atoms with van der Waals surface area (Å²) in [6.45, 7) is 5.08. The van der Waals surface area contributed by atoms with Crippen molar-refractivity contribution in [1.29, 1.82) is 0 Å². The molecule has 0 aliphatic heterocycles. The maximum absolute atomic E-state index is 11.5. The Bertz CT molecular complexity index is 357. The van der Waals surface area contributed by atoms with Crippen molar-refractivity contribution in [1.82, 2.24) is 5.32 Å². The lowest BCUT2D eigenvalue weighted by atomic mass is 10.2. The number of rotatable bonds is 3. The molecule has 1 amide bonds. The van der Waals surface area contributed by atoms with Crippen LogP contribution < -0.4 is 5.32 Å². The smallest absolute Gasteiger partial charge is 0.261 e. The van der Waals surface area contributed by atoms with Crippen LogP contribution in [0.25, 0.3) is 0 Å². The molecule has 1 atom stereocenters. The highest BCUT2D eigenvalue weighted by molar-refractivity contribution is 7.13. The molecule has 76 valence electrons. The van der Waals surface area contributed by atoms with Crippen LogP contribution in [-0.2, 0) is 4.79 Å². The number of hydrogen-bond donors (Lipinski definition) is 1. The molecular weight excluding hydrogens is 198 g/mol. The predicted molar refractivity (Wildman–Crippen MR) is 56.7 cm³/mol. The van der Waals surface area contributed by atoms with Crippen molar-refractivity contribution in [3.8, 4) is 0 Å². The molecule has 0 aliphatic carbocycles. The Morgan fingerprint density at radius 2 is 2.07 bits per heavy atom. The second-order valence-electron chi connectivity index (χ2n) is 3.22. The SMILES string of the molecule is CC(=O)C(C)NC(=O)c1ccc(C)s1. The van der Waals surface area contributed by atoms with Crippen molar-refractivity contribution in [3.05, 3.63) is 21.9 Å². The Hall–Kier alpha value is -1.16. The monoisotopic (exact) mass is 211 g/mol. The maximum atomic E-state index is 11.5. The first kappa shape index (κ1) is 10.9. The van der Waals surface area contributed by atoms with Gasteiger partial charge in [-0.25, -0.2) is 0 Å². The minimum atomic E-state index is -0.412. The summed E-state index contributed by atoms with van der Waals surface area (Å²) in [7, 11) is 0. The number of aryl methyl sites for hydroxylation is 1. The summed E-state index contributed by atoms with van der Waals surface area (Å²) in [6.07, 6.45) is 0. The molecule has 0 radical (unpaired) electrons. The Balaban J connectivity index is 2.63. The minimum absolute atomic E-state index is 0.0355. The highest BCUT2D eigenvalue weighted by Gasteiger charge is 2.13. The lowest BCUT2D eigenvalue weighted by Gasteiger charge is -2.08. The molecule has 1 rings (SSSR count). The van der Waals surface area contributed by atoms with Crippen molar-refractivity contribution in [2.24, 2.45) is 0 Å². The van der Waals surface area contributed by atoms with E-state index < -0.39 is 6.04 Å². The van der Waals surface area contributed by atoms with Crippen LogP contribution in [0.2, 0.25) is 0 Å². The fraction of sp³-hybridized carbons (Fsp3) is 0.400. The summed E-state index contributed by atoms with van der Waals surface area (Å²) in [6, 6.07) is 3.24. The van der Waals surface area contributed by atoms with E-state index in [1.54, 1.807) is 13.0 Å². The van der Waals surface area contributed by atoms with Crippen molar-refractivity contribution in [3.63, 3.8) is 0 Å². The number of thiophene rings is 1. The van der Waals surface area contributed by atoms with Gasteiger partial charge in [0, 0.05) is 4.88 Å². The standard InChI is InChI=1S/C10H13NO2S/c1-6-4-5-9(14-6)10(13)11-7(2)8(3)12/h4-5,7H,1-3H3,(H,11,13). The highest BCUT2D eigenvalue weighted by Crippen LogP contribution is 2.14. The van der Waals surface area contributed by atoms with Gasteiger partial charge < -0.3 is 5.32 Å². The molecule has 4 heteroatoms. The average Bonchev–Trinajstić information content (AvgIpc) is 2.51. The molecule has 1 aromatic rings. The number of carbonyl (C=O) groups is 2. The number of carbonyl (C=O) groups excluding carboxylic acids is 2. The van der Waals surface area contributed by atoms with Crippen LogP contribution in [0.5, 0.6) is 0 Å². The molecule has 0 saturated heterocycles. The minimum Gasteiger partial charge on any atom is -0.342 e.